The van der Waals surface area contributed by atoms with Gasteiger partial charge in [-0.15, -0.1) is 0 Å². The van der Waals surface area contributed by atoms with Crippen molar-refractivity contribution >= 4 is 0 Å². The van der Waals surface area contributed by atoms with Crippen LogP contribution in [0.1, 0.15) is 19.3 Å². The smallest absolute Gasteiger partial charge is 0.0405 e. The number of rotatable bonds is 0. The Morgan fingerprint density at radius 2 is 2.18 bits per heavy atom. The minimum atomic E-state index is 0.603. The van der Waals surface area contributed by atoms with Gasteiger partial charge in [-0.25, -0.2) is 0 Å². The van der Waals surface area contributed by atoms with E-state index in [0.29, 0.717) is 12.1 Å². The first kappa shape index (κ1) is 7.32. The Hall–Kier alpha value is -0.340. The molecule has 2 heteroatoms. The third-order valence-corrected chi connectivity index (χ3v) is 2.57. The van der Waals surface area contributed by atoms with E-state index < -0.39 is 0 Å². The molecule has 0 amide bonds. The van der Waals surface area contributed by atoms with E-state index in [1.807, 2.05) is 0 Å². The molecule has 2 unspecified atom stereocenters. The molecule has 0 saturated carbocycles. The Labute approximate surface area is 68.1 Å². The van der Waals surface area contributed by atoms with Crippen LogP contribution in [0.4, 0.5) is 0 Å². The van der Waals surface area contributed by atoms with E-state index in [-0.39, 0.29) is 0 Å². The van der Waals surface area contributed by atoms with Crippen molar-refractivity contribution in [2.75, 3.05) is 13.1 Å². The number of nitrogens with one attached hydrogen (secondary N) is 2. The van der Waals surface area contributed by atoms with Gasteiger partial charge in [-0.3, -0.25) is 0 Å². The third kappa shape index (κ3) is 1.63. The molecular formula is C9H16N2. The molecule has 62 valence electrons. The van der Waals surface area contributed by atoms with Crippen LogP contribution in [0.25, 0.3) is 0 Å². The fourth-order valence-electron chi connectivity index (χ4n) is 1.94. The lowest BCUT2D eigenvalue weighted by molar-refractivity contribution is 0.347. The van der Waals surface area contributed by atoms with Crippen LogP contribution < -0.4 is 10.6 Å². The van der Waals surface area contributed by atoms with Gasteiger partial charge < -0.3 is 10.6 Å². The predicted octanol–water partition coefficient (Wildman–Crippen LogP) is 0.656. The van der Waals surface area contributed by atoms with Crippen molar-refractivity contribution in [1.29, 1.82) is 0 Å². The molecule has 2 atom stereocenters. The van der Waals surface area contributed by atoms with E-state index in [0.717, 1.165) is 6.54 Å². The van der Waals surface area contributed by atoms with Crippen molar-refractivity contribution in [3.8, 4) is 0 Å². The normalized spacial score (nSPS) is 37.8. The summed E-state index contributed by atoms with van der Waals surface area (Å²) >= 11 is 0. The highest BCUT2D eigenvalue weighted by molar-refractivity contribution is 5.04. The Morgan fingerprint density at radius 3 is 3.18 bits per heavy atom. The van der Waals surface area contributed by atoms with E-state index in [1.54, 1.807) is 0 Å². The molecule has 0 aliphatic carbocycles. The maximum absolute atomic E-state index is 3.56. The second kappa shape index (κ2) is 3.37. The molecule has 0 bridgehead atoms. The Bertz CT molecular complexity index is 154. The van der Waals surface area contributed by atoms with Crippen LogP contribution in [0.2, 0.25) is 0 Å². The van der Waals surface area contributed by atoms with Gasteiger partial charge in [0, 0.05) is 12.1 Å². The molecule has 0 aromatic rings. The zero-order chi connectivity index (χ0) is 7.52. The van der Waals surface area contributed by atoms with Gasteiger partial charge in [-0.1, -0.05) is 12.2 Å². The monoisotopic (exact) mass is 152 g/mol. The highest BCUT2D eigenvalue weighted by Gasteiger charge is 2.22. The molecular weight excluding hydrogens is 136 g/mol. The predicted molar refractivity (Wildman–Crippen MR) is 46.6 cm³/mol. The van der Waals surface area contributed by atoms with Crippen LogP contribution in [0.15, 0.2) is 12.2 Å². The number of hydrogen-bond donors (Lipinski definition) is 2. The molecule has 2 heterocycles. The van der Waals surface area contributed by atoms with Crippen LogP contribution in [0.3, 0.4) is 0 Å². The second-order valence-electron chi connectivity index (χ2n) is 3.40. The molecule has 0 aromatic carbocycles. The summed E-state index contributed by atoms with van der Waals surface area (Å²) < 4.78 is 0. The zero-order valence-electron chi connectivity index (χ0n) is 6.84. The van der Waals surface area contributed by atoms with Gasteiger partial charge in [-0.2, -0.15) is 0 Å². The van der Waals surface area contributed by atoms with Crippen LogP contribution in [-0.2, 0) is 0 Å². The van der Waals surface area contributed by atoms with E-state index >= 15 is 0 Å². The molecule has 1 fully saturated rings. The second-order valence-corrected chi connectivity index (χ2v) is 3.40. The molecule has 11 heavy (non-hydrogen) atoms. The van der Waals surface area contributed by atoms with Crippen molar-refractivity contribution in [3.05, 3.63) is 12.2 Å². The van der Waals surface area contributed by atoms with Gasteiger partial charge in [-0.05, 0) is 32.4 Å². The topological polar surface area (TPSA) is 24.1 Å². The first-order valence-corrected chi connectivity index (χ1v) is 4.60. The Morgan fingerprint density at radius 1 is 1.18 bits per heavy atom. The summed E-state index contributed by atoms with van der Waals surface area (Å²) in [6.07, 6.45) is 8.46. The fourth-order valence-corrected chi connectivity index (χ4v) is 1.94. The Balaban J connectivity index is 2.02. The molecule has 2 rings (SSSR count). The number of piperidine rings is 1. The van der Waals surface area contributed by atoms with Crippen LogP contribution in [-0.4, -0.2) is 25.2 Å². The molecule has 2 N–H and O–H groups in total. The largest absolute Gasteiger partial charge is 0.312 e. The van der Waals surface area contributed by atoms with E-state index in [2.05, 4.69) is 22.8 Å². The average Bonchev–Trinajstić information content (AvgIpc) is 2.28. The summed E-state index contributed by atoms with van der Waals surface area (Å²) in [5.74, 6) is 0. The van der Waals surface area contributed by atoms with Crippen LogP contribution in [0, 0.1) is 0 Å². The first-order chi connectivity index (χ1) is 5.47. The number of hydrogen-bond acceptors (Lipinski definition) is 2. The lowest BCUT2D eigenvalue weighted by Gasteiger charge is -2.30. The highest BCUT2D eigenvalue weighted by Crippen LogP contribution is 2.12. The minimum Gasteiger partial charge on any atom is -0.312 e. The van der Waals surface area contributed by atoms with Gasteiger partial charge in [0.2, 0.25) is 0 Å². The standard InChI is InChI=1S/C9H16N2/c1-2-6-10-9-5-3-7-11-8(9)4-1/h1,4,8-11H,2-3,5-7H2. The summed E-state index contributed by atoms with van der Waals surface area (Å²) in [5.41, 5.74) is 0. The molecule has 2 nitrogen and oxygen atoms in total. The van der Waals surface area contributed by atoms with Gasteiger partial charge in [0.1, 0.15) is 0 Å². The van der Waals surface area contributed by atoms with Crippen molar-refractivity contribution < 1.29 is 0 Å². The van der Waals surface area contributed by atoms with Gasteiger partial charge in [0.15, 0.2) is 0 Å². The molecule has 0 spiro atoms. The SMILES string of the molecule is C1=CC2NCCCC2NCC1. The molecule has 2 aliphatic heterocycles. The molecule has 1 saturated heterocycles. The molecule has 0 aromatic heterocycles. The molecule has 0 radical (unpaired) electrons. The molecule has 2 aliphatic rings. The quantitative estimate of drug-likeness (QED) is 0.498. The van der Waals surface area contributed by atoms with Crippen LogP contribution in [0.5, 0.6) is 0 Å². The maximum atomic E-state index is 3.56. The first-order valence-electron chi connectivity index (χ1n) is 4.60. The average molecular weight is 152 g/mol. The fraction of sp³-hybridized carbons (Fsp3) is 0.778. The lowest BCUT2D eigenvalue weighted by Crippen LogP contribution is -2.50. The van der Waals surface area contributed by atoms with Gasteiger partial charge >= 0.3 is 0 Å². The summed E-state index contributed by atoms with van der Waals surface area (Å²) in [6, 6.07) is 1.30. The number of fused-ring (bicyclic) bond motifs is 1. The van der Waals surface area contributed by atoms with Gasteiger partial charge in [0.05, 0.1) is 0 Å². The Kier molecular flexibility index (Phi) is 2.24. The summed E-state index contributed by atoms with van der Waals surface area (Å²) in [5, 5.41) is 7.07. The summed E-state index contributed by atoms with van der Waals surface area (Å²) in [6.45, 7) is 2.34. The van der Waals surface area contributed by atoms with Crippen molar-refractivity contribution in [1.82, 2.24) is 10.6 Å². The van der Waals surface area contributed by atoms with Crippen LogP contribution >= 0.6 is 0 Å². The van der Waals surface area contributed by atoms with E-state index in [9.17, 15) is 0 Å². The van der Waals surface area contributed by atoms with Crippen molar-refractivity contribution in [3.63, 3.8) is 0 Å². The highest BCUT2D eigenvalue weighted by atomic mass is 15.0. The van der Waals surface area contributed by atoms with Crippen molar-refractivity contribution in [2.24, 2.45) is 0 Å². The summed E-state index contributed by atoms with van der Waals surface area (Å²) in [7, 11) is 0. The van der Waals surface area contributed by atoms with E-state index in [4.69, 9.17) is 0 Å². The van der Waals surface area contributed by atoms with E-state index in [1.165, 1.54) is 25.8 Å². The summed E-state index contributed by atoms with van der Waals surface area (Å²) in [4.78, 5) is 0. The maximum Gasteiger partial charge on any atom is 0.0405 e. The minimum absolute atomic E-state index is 0.603. The zero-order valence-corrected chi connectivity index (χ0v) is 6.84. The third-order valence-electron chi connectivity index (χ3n) is 2.57. The van der Waals surface area contributed by atoms with Gasteiger partial charge in [0.25, 0.3) is 0 Å². The van der Waals surface area contributed by atoms with Crippen molar-refractivity contribution in [2.45, 2.75) is 31.3 Å². The lowest BCUT2D eigenvalue weighted by atomic mass is 9.99.